The average molecular weight is 219 g/mol. The fraction of sp³-hybridized carbons (Fsp3) is 0.500. The van der Waals surface area contributed by atoms with Gasteiger partial charge in [0.05, 0.1) is 6.04 Å². The van der Waals surface area contributed by atoms with Gasteiger partial charge in [0, 0.05) is 5.56 Å². The maximum Gasteiger partial charge on any atom is 0.179 e. The van der Waals surface area contributed by atoms with Crippen molar-refractivity contribution in [2.45, 2.75) is 46.1 Å². The maximum absolute atomic E-state index is 12.1. The summed E-state index contributed by atoms with van der Waals surface area (Å²) in [6.07, 6.45) is 2.87. The van der Waals surface area contributed by atoms with Gasteiger partial charge in [0.15, 0.2) is 5.78 Å². The van der Waals surface area contributed by atoms with E-state index >= 15 is 0 Å². The number of hydrogen-bond donors (Lipinski definition) is 1. The summed E-state index contributed by atoms with van der Waals surface area (Å²) in [5.41, 5.74) is 8.87. The summed E-state index contributed by atoms with van der Waals surface area (Å²) >= 11 is 0. The molecule has 0 bridgehead atoms. The molecule has 0 aliphatic rings. The summed E-state index contributed by atoms with van der Waals surface area (Å²) in [6.45, 7) is 6.10. The van der Waals surface area contributed by atoms with E-state index in [9.17, 15) is 4.79 Å². The summed E-state index contributed by atoms with van der Waals surface area (Å²) in [5.74, 6) is 0.0750. The molecule has 0 fully saturated rings. The second kappa shape index (κ2) is 5.80. The largest absolute Gasteiger partial charge is 0.321 e. The van der Waals surface area contributed by atoms with Crippen molar-refractivity contribution in [1.82, 2.24) is 0 Å². The minimum Gasteiger partial charge on any atom is -0.321 e. The second-order valence-corrected chi connectivity index (χ2v) is 4.43. The van der Waals surface area contributed by atoms with Gasteiger partial charge in [-0.1, -0.05) is 43.5 Å². The fourth-order valence-electron chi connectivity index (χ4n) is 1.84. The Morgan fingerprint density at radius 3 is 2.62 bits per heavy atom. The fourth-order valence-corrected chi connectivity index (χ4v) is 1.84. The third-order valence-electron chi connectivity index (χ3n) is 2.85. The molecule has 1 aromatic rings. The molecule has 0 spiro atoms. The first-order chi connectivity index (χ1) is 7.56. The molecule has 2 nitrogen and oxygen atoms in total. The summed E-state index contributed by atoms with van der Waals surface area (Å²) in [6, 6.07) is 5.53. The molecule has 1 unspecified atom stereocenters. The molecule has 2 N–H and O–H groups in total. The SMILES string of the molecule is CCCCC(N)C(=O)c1ccc(C)cc1C. The number of aryl methyl sites for hydroxylation is 2. The highest BCUT2D eigenvalue weighted by molar-refractivity contribution is 6.01. The van der Waals surface area contributed by atoms with Crippen molar-refractivity contribution in [3.63, 3.8) is 0 Å². The van der Waals surface area contributed by atoms with Crippen LogP contribution in [0, 0.1) is 13.8 Å². The van der Waals surface area contributed by atoms with E-state index in [-0.39, 0.29) is 11.8 Å². The van der Waals surface area contributed by atoms with E-state index in [1.807, 2.05) is 32.0 Å². The lowest BCUT2D eigenvalue weighted by molar-refractivity contribution is 0.0955. The van der Waals surface area contributed by atoms with Gasteiger partial charge in [-0.15, -0.1) is 0 Å². The van der Waals surface area contributed by atoms with Crippen LogP contribution in [0.4, 0.5) is 0 Å². The Hall–Kier alpha value is -1.15. The van der Waals surface area contributed by atoms with Crippen LogP contribution in [0.1, 0.15) is 47.7 Å². The van der Waals surface area contributed by atoms with E-state index in [4.69, 9.17) is 5.73 Å². The van der Waals surface area contributed by atoms with Gasteiger partial charge < -0.3 is 5.73 Å². The Morgan fingerprint density at radius 1 is 1.38 bits per heavy atom. The van der Waals surface area contributed by atoms with Crippen molar-refractivity contribution < 1.29 is 4.79 Å². The molecule has 0 radical (unpaired) electrons. The Bertz CT molecular complexity index is 371. The van der Waals surface area contributed by atoms with Gasteiger partial charge in [-0.2, -0.15) is 0 Å². The van der Waals surface area contributed by atoms with Crippen LogP contribution >= 0.6 is 0 Å². The lowest BCUT2D eigenvalue weighted by Crippen LogP contribution is -2.30. The molecule has 88 valence electrons. The van der Waals surface area contributed by atoms with Crippen molar-refractivity contribution >= 4 is 5.78 Å². The highest BCUT2D eigenvalue weighted by Crippen LogP contribution is 2.14. The number of carbonyl (C=O) groups is 1. The van der Waals surface area contributed by atoms with Gasteiger partial charge in [0.1, 0.15) is 0 Å². The van der Waals surface area contributed by atoms with Crippen LogP contribution in [-0.2, 0) is 0 Å². The molecule has 1 atom stereocenters. The summed E-state index contributed by atoms with van der Waals surface area (Å²) < 4.78 is 0. The zero-order valence-electron chi connectivity index (χ0n) is 10.4. The first kappa shape index (κ1) is 12.9. The lowest BCUT2D eigenvalue weighted by atomic mass is 9.96. The predicted molar refractivity (Wildman–Crippen MR) is 67.7 cm³/mol. The number of rotatable bonds is 5. The molecule has 0 aliphatic carbocycles. The molecule has 1 rings (SSSR count). The van der Waals surface area contributed by atoms with E-state index in [0.29, 0.717) is 0 Å². The lowest BCUT2D eigenvalue weighted by Gasteiger charge is -2.12. The van der Waals surface area contributed by atoms with Crippen molar-refractivity contribution in [3.8, 4) is 0 Å². The normalized spacial score (nSPS) is 12.5. The van der Waals surface area contributed by atoms with E-state index in [1.54, 1.807) is 0 Å². The molecule has 0 aromatic heterocycles. The highest BCUT2D eigenvalue weighted by Gasteiger charge is 2.16. The van der Waals surface area contributed by atoms with Crippen LogP contribution in [-0.4, -0.2) is 11.8 Å². The van der Waals surface area contributed by atoms with Gasteiger partial charge in [0.2, 0.25) is 0 Å². The smallest absolute Gasteiger partial charge is 0.179 e. The molecule has 0 saturated heterocycles. The van der Waals surface area contributed by atoms with E-state index in [2.05, 4.69) is 6.92 Å². The van der Waals surface area contributed by atoms with Crippen molar-refractivity contribution in [1.29, 1.82) is 0 Å². The number of Topliss-reactive ketones (excluding diaryl/α,β-unsaturated/α-hetero) is 1. The van der Waals surface area contributed by atoms with Gasteiger partial charge in [-0.3, -0.25) is 4.79 Å². The van der Waals surface area contributed by atoms with E-state index in [0.717, 1.165) is 30.4 Å². The summed E-state index contributed by atoms with van der Waals surface area (Å²) in [7, 11) is 0. The Morgan fingerprint density at radius 2 is 2.06 bits per heavy atom. The van der Waals surface area contributed by atoms with Crippen LogP contribution < -0.4 is 5.73 Å². The highest BCUT2D eigenvalue weighted by atomic mass is 16.1. The van der Waals surface area contributed by atoms with Gasteiger partial charge >= 0.3 is 0 Å². The number of benzene rings is 1. The van der Waals surface area contributed by atoms with Gasteiger partial charge in [0.25, 0.3) is 0 Å². The van der Waals surface area contributed by atoms with Crippen molar-refractivity contribution in [2.75, 3.05) is 0 Å². The first-order valence-corrected chi connectivity index (χ1v) is 5.93. The van der Waals surface area contributed by atoms with Crippen molar-refractivity contribution in [3.05, 3.63) is 34.9 Å². The van der Waals surface area contributed by atoms with Crippen molar-refractivity contribution in [2.24, 2.45) is 5.73 Å². The Labute approximate surface area is 97.9 Å². The quantitative estimate of drug-likeness (QED) is 0.774. The zero-order valence-corrected chi connectivity index (χ0v) is 10.4. The second-order valence-electron chi connectivity index (χ2n) is 4.43. The Kier molecular flexibility index (Phi) is 4.69. The summed E-state index contributed by atoms with van der Waals surface area (Å²) in [5, 5.41) is 0. The molecule has 2 heteroatoms. The number of hydrogen-bond acceptors (Lipinski definition) is 2. The predicted octanol–water partition coefficient (Wildman–Crippen LogP) is 3.00. The third kappa shape index (κ3) is 3.17. The third-order valence-corrected chi connectivity index (χ3v) is 2.85. The Balaban J connectivity index is 2.79. The topological polar surface area (TPSA) is 43.1 Å². The standard InChI is InChI=1S/C14H21NO/c1-4-5-6-13(15)14(16)12-8-7-10(2)9-11(12)3/h7-9,13H,4-6,15H2,1-3H3. The van der Waals surface area contributed by atoms with Crippen LogP contribution in [0.2, 0.25) is 0 Å². The van der Waals surface area contributed by atoms with Crippen LogP contribution in [0.25, 0.3) is 0 Å². The molecule has 1 aromatic carbocycles. The first-order valence-electron chi connectivity index (χ1n) is 5.93. The van der Waals surface area contributed by atoms with Gasteiger partial charge in [-0.25, -0.2) is 0 Å². The molecule has 0 saturated carbocycles. The molecule has 0 amide bonds. The number of ketones is 1. The zero-order chi connectivity index (χ0) is 12.1. The van der Waals surface area contributed by atoms with Crippen LogP contribution in [0.3, 0.4) is 0 Å². The van der Waals surface area contributed by atoms with Crippen LogP contribution in [0.15, 0.2) is 18.2 Å². The summed E-state index contributed by atoms with van der Waals surface area (Å²) in [4.78, 5) is 12.1. The number of nitrogens with two attached hydrogens (primary N) is 1. The molecule has 16 heavy (non-hydrogen) atoms. The number of carbonyl (C=O) groups excluding carboxylic acids is 1. The van der Waals surface area contributed by atoms with Crippen LogP contribution in [0.5, 0.6) is 0 Å². The molecule has 0 heterocycles. The molecular formula is C14H21NO. The minimum absolute atomic E-state index is 0.0750. The number of unbranched alkanes of at least 4 members (excludes halogenated alkanes) is 1. The molecule has 0 aliphatic heterocycles. The van der Waals surface area contributed by atoms with E-state index < -0.39 is 0 Å². The minimum atomic E-state index is -0.346. The maximum atomic E-state index is 12.1. The molecular weight excluding hydrogens is 198 g/mol. The van der Waals surface area contributed by atoms with E-state index in [1.165, 1.54) is 5.56 Å². The van der Waals surface area contributed by atoms with Gasteiger partial charge in [-0.05, 0) is 25.8 Å². The average Bonchev–Trinajstić information content (AvgIpc) is 2.25. The monoisotopic (exact) mass is 219 g/mol.